The van der Waals surface area contributed by atoms with Gasteiger partial charge in [0.1, 0.15) is 0 Å². The zero-order valence-electron chi connectivity index (χ0n) is 12.4. The molecule has 0 radical (unpaired) electrons. The van der Waals surface area contributed by atoms with Gasteiger partial charge >= 0.3 is 0 Å². The van der Waals surface area contributed by atoms with Crippen LogP contribution >= 0.6 is 0 Å². The summed E-state index contributed by atoms with van der Waals surface area (Å²) in [5.74, 6) is 0.666. The number of hydrogen-bond acceptors (Lipinski definition) is 3. The van der Waals surface area contributed by atoms with Crippen LogP contribution in [-0.2, 0) is 4.74 Å². The van der Waals surface area contributed by atoms with Crippen LogP contribution in [0.5, 0.6) is 0 Å². The first-order chi connectivity index (χ1) is 7.79. The number of rotatable bonds is 4. The van der Waals surface area contributed by atoms with Crippen LogP contribution in [0.15, 0.2) is 0 Å². The molecule has 1 rings (SSSR count). The van der Waals surface area contributed by atoms with Crippen LogP contribution in [0.1, 0.15) is 41.5 Å². The first-order valence-electron chi connectivity index (χ1n) is 6.90. The van der Waals surface area contributed by atoms with E-state index >= 15 is 0 Å². The van der Waals surface area contributed by atoms with Gasteiger partial charge in [-0.3, -0.25) is 4.90 Å². The Balaban J connectivity index is 2.37. The lowest BCUT2D eigenvalue weighted by molar-refractivity contribution is -0.0391. The van der Waals surface area contributed by atoms with Crippen molar-refractivity contribution in [3.8, 4) is 0 Å². The van der Waals surface area contributed by atoms with Gasteiger partial charge in [-0.05, 0) is 47.1 Å². The molecule has 0 saturated carbocycles. The fourth-order valence-corrected chi connectivity index (χ4v) is 2.21. The average Bonchev–Trinajstić information content (AvgIpc) is 2.24. The Labute approximate surface area is 107 Å². The van der Waals surface area contributed by atoms with E-state index in [1.54, 1.807) is 0 Å². The first kappa shape index (κ1) is 14.9. The number of ether oxygens (including phenoxy) is 1. The summed E-state index contributed by atoms with van der Waals surface area (Å²) in [5, 5.41) is 3.59. The topological polar surface area (TPSA) is 24.5 Å². The van der Waals surface area contributed by atoms with Gasteiger partial charge in [0.05, 0.1) is 12.7 Å². The largest absolute Gasteiger partial charge is 0.376 e. The minimum absolute atomic E-state index is 0.215. The van der Waals surface area contributed by atoms with Gasteiger partial charge in [-0.25, -0.2) is 0 Å². The highest BCUT2D eigenvalue weighted by molar-refractivity contribution is 4.80. The monoisotopic (exact) mass is 242 g/mol. The molecule has 0 aromatic carbocycles. The highest BCUT2D eigenvalue weighted by Gasteiger charge is 2.25. The van der Waals surface area contributed by atoms with Crippen LogP contribution < -0.4 is 5.32 Å². The number of nitrogens with one attached hydrogen (secondary N) is 1. The third-order valence-electron chi connectivity index (χ3n) is 3.63. The van der Waals surface area contributed by atoms with E-state index < -0.39 is 0 Å². The van der Waals surface area contributed by atoms with E-state index in [-0.39, 0.29) is 5.54 Å². The summed E-state index contributed by atoms with van der Waals surface area (Å²) in [6.07, 6.45) is 0.383. The standard InChI is InChI=1S/C14H30N2O/c1-11(9-15-14(4,5)6)13(3)16-7-8-17-12(2)10-16/h11-13,15H,7-10H2,1-6H3. The van der Waals surface area contributed by atoms with E-state index in [9.17, 15) is 0 Å². The molecule has 1 heterocycles. The van der Waals surface area contributed by atoms with E-state index in [4.69, 9.17) is 4.74 Å². The molecule has 1 aliphatic rings. The van der Waals surface area contributed by atoms with E-state index in [0.29, 0.717) is 18.1 Å². The quantitative estimate of drug-likeness (QED) is 0.817. The summed E-state index contributed by atoms with van der Waals surface area (Å²) in [6, 6.07) is 0.621. The molecule has 0 spiro atoms. The molecule has 3 unspecified atom stereocenters. The number of nitrogens with zero attached hydrogens (tertiary/aromatic N) is 1. The molecule has 0 aromatic rings. The maximum absolute atomic E-state index is 5.59. The molecule has 1 saturated heterocycles. The van der Waals surface area contributed by atoms with Crippen molar-refractivity contribution in [1.29, 1.82) is 0 Å². The van der Waals surface area contributed by atoms with Gasteiger partial charge in [0.25, 0.3) is 0 Å². The Morgan fingerprint density at radius 1 is 1.35 bits per heavy atom. The molecule has 0 amide bonds. The van der Waals surface area contributed by atoms with Gasteiger partial charge in [-0.2, -0.15) is 0 Å². The summed E-state index contributed by atoms with van der Waals surface area (Å²) in [5.41, 5.74) is 0.215. The van der Waals surface area contributed by atoms with Gasteiger partial charge < -0.3 is 10.1 Å². The van der Waals surface area contributed by atoms with Gasteiger partial charge in [-0.15, -0.1) is 0 Å². The first-order valence-corrected chi connectivity index (χ1v) is 6.90. The van der Waals surface area contributed by atoms with Crippen molar-refractivity contribution >= 4 is 0 Å². The fraction of sp³-hybridized carbons (Fsp3) is 1.00. The van der Waals surface area contributed by atoms with Crippen molar-refractivity contribution in [1.82, 2.24) is 10.2 Å². The Morgan fingerprint density at radius 3 is 2.53 bits per heavy atom. The molecule has 3 nitrogen and oxygen atoms in total. The van der Waals surface area contributed by atoms with Gasteiger partial charge in [0.2, 0.25) is 0 Å². The van der Waals surface area contributed by atoms with E-state index in [1.807, 2.05) is 0 Å². The second-order valence-corrected chi connectivity index (χ2v) is 6.53. The van der Waals surface area contributed by atoms with Crippen LogP contribution in [0.4, 0.5) is 0 Å². The smallest absolute Gasteiger partial charge is 0.0674 e. The summed E-state index contributed by atoms with van der Waals surface area (Å²) in [6.45, 7) is 17.6. The zero-order chi connectivity index (χ0) is 13.1. The molecule has 3 atom stereocenters. The van der Waals surface area contributed by atoms with Crippen LogP contribution in [0.25, 0.3) is 0 Å². The molecule has 0 bridgehead atoms. The Kier molecular flexibility index (Phi) is 5.42. The molecule has 1 aliphatic heterocycles. The normalized spacial score (nSPS) is 26.8. The van der Waals surface area contributed by atoms with Crippen molar-refractivity contribution in [3.05, 3.63) is 0 Å². The molecule has 0 aromatic heterocycles. The summed E-state index contributed by atoms with van der Waals surface area (Å²) < 4.78 is 5.59. The van der Waals surface area contributed by atoms with E-state index in [1.165, 1.54) is 0 Å². The second kappa shape index (κ2) is 6.17. The summed E-state index contributed by atoms with van der Waals surface area (Å²) in [4.78, 5) is 2.56. The molecule has 17 heavy (non-hydrogen) atoms. The molecule has 3 heteroatoms. The molecule has 1 fully saturated rings. The summed E-state index contributed by atoms with van der Waals surface area (Å²) >= 11 is 0. The average molecular weight is 242 g/mol. The minimum atomic E-state index is 0.215. The Hall–Kier alpha value is -0.120. The predicted molar refractivity (Wildman–Crippen MR) is 73.4 cm³/mol. The SMILES string of the molecule is CC1CN(C(C)C(C)CNC(C)(C)C)CCO1. The molecular weight excluding hydrogens is 212 g/mol. The third kappa shape index (κ3) is 5.36. The van der Waals surface area contributed by atoms with E-state index in [2.05, 4.69) is 51.8 Å². The predicted octanol–water partition coefficient (Wildman–Crippen LogP) is 2.12. The molecule has 0 aliphatic carbocycles. The number of hydrogen-bond donors (Lipinski definition) is 1. The van der Waals surface area contributed by atoms with Crippen LogP contribution in [0.3, 0.4) is 0 Å². The number of morpholine rings is 1. The lowest BCUT2D eigenvalue weighted by Gasteiger charge is -2.39. The lowest BCUT2D eigenvalue weighted by Crippen LogP contribution is -2.50. The maximum Gasteiger partial charge on any atom is 0.0674 e. The van der Waals surface area contributed by atoms with Crippen molar-refractivity contribution in [3.63, 3.8) is 0 Å². The lowest BCUT2D eigenvalue weighted by atomic mass is 9.99. The highest BCUT2D eigenvalue weighted by Crippen LogP contribution is 2.15. The van der Waals surface area contributed by atoms with Crippen molar-refractivity contribution in [2.24, 2.45) is 5.92 Å². The zero-order valence-corrected chi connectivity index (χ0v) is 12.4. The van der Waals surface area contributed by atoms with Crippen LogP contribution in [0.2, 0.25) is 0 Å². The summed E-state index contributed by atoms with van der Waals surface area (Å²) in [7, 11) is 0. The minimum Gasteiger partial charge on any atom is -0.376 e. The molecular formula is C14H30N2O. The van der Waals surface area contributed by atoms with Crippen LogP contribution in [0, 0.1) is 5.92 Å². The van der Waals surface area contributed by atoms with E-state index in [0.717, 1.165) is 26.2 Å². The Bertz CT molecular complexity index is 225. The van der Waals surface area contributed by atoms with Crippen molar-refractivity contribution < 1.29 is 4.74 Å². The van der Waals surface area contributed by atoms with Crippen LogP contribution in [-0.4, -0.2) is 48.8 Å². The van der Waals surface area contributed by atoms with Gasteiger partial charge in [0.15, 0.2) is 0 Å². The third-order valence-corrected chi connectivity index (χ3v) is 3.63. The van der Waals surface area contributed by atoms with Crippen molar-refractivity contribution in [2.75, 3.05) is 26.2 Å². The van der Waals surface area contributed by atoms with Gasteiger partial charge in [0, 0.05) is 24.7 Å². The Morgan fingerprint density at radius 2 is 2.00 bits per heavy atom. The second-order valence-electron chi connectivity index (χ2n) is 6.53. The molecule has 102 valence electrons. The molecule has 1 N–H and O–H groups in total. The fourth-order valence-electron chi connectivity index (χ4n) is 2.21. The van der Waals surface area contributed by atoms with Crippen molar-refractivity contribution in [2.45, 2.75) is 59.2 Å². The highest BCUT2D eigenvalue weighted by atomic mass is 16.5. The maximum atomic E-state index is 5.59. The van der Waals surface area contributed by atoms with Gasteiger partial charge in [-0.1, -0.05) is 6.92 Å².